The van der Waals surface area contributed by atoms with Gasteiger partial charge >= 0.3 is 0 Å². The molecule has 2 rings (SSSR count). The summed E-state index contributed by atoms with van der Waals surface area (Å²) in [4.78, 5) is 13.5. The Labute approximate surface area is 102 Å². The summed E-state index contributed by atoms with van der Waals surface area (Å²) in [5, 5.41) is 3.06. The standard InChI is InChI=1S/C13H18N2O2/c1-2-17-12-5-3-11(4-6-12)10-15-8-7-14-9-13(15)16/h3-6,14H,2,7-10H2,1H3. The van der Waals surface area contributed by atoms with Crippen molar-refractivity contribution in [2.45, 2.75) is 13.5 Å². The van der Waals surface area contributed by atoms with Gasteiger partial charge in [-0.15, -0.1) is 0 Å². The van der Waals surface area contributed by atoms with Crippen molar-refractivity contribution in [2.75, 3.05) is 26.2 Å². The Morgan fingerprint density at radius 3 is 2.76 bits per heavy atom. The van der Waals surface area contributed by atoms with Crippen molar-refractivity contribution in [3.8, 4) is 5.75 Å². The fourth-order valence-corrected chi connectivity index (χ4v) is 1.89. The van der Waals surface area contributed by atoms with Gasteiger partial charge in [-0.05, 0) is 24.6 Å². The number of hydrogen-bond donors (Lipinski definition) is 1. The first-order valence-corrected chi connectivity index (χ1v) is 6.00. The van der Waals surface area contributed by atoms with Crippen LogP contribution in [0.1, 0.15) is 12.5 Å². The van der Waals surface area contributed by atoms with Crippen LogP contribution in [0.25, 0.3) is 0 Å². The van der Waals surface area contributed by atoms with Gasteiger partial charge in [-0.1, -0.05) is 12.1 Å². The second kappa shape index (κ2) is 5.68. The second-order valence-corrected chi connectivity index (χ2v) is 4.07. The molecule has 1 N–H and O–H groups in total. The molecule has 0 unspecified atom stereocenters. The van der Waals surface area contributed by atoms with Gasteiger partial charge in [-0.3, -0.25) is 4.79 Å². The van der Waals surface area contributed by atoms with Crippen LogP contribution in [0.15, 0.2) is 24.3 Å². The van der Waals surface area contributed by atoms with Crippen molar-refractivity contribution >= 4 is 5.91 Å². The highest BCUT2D eigenvalue weighted by molar-refractivity contribution is 5.78. The molecule has 1 fully saturated rings. The summed E-state index contributed by atoms with van der Waals surface area (Å²) in [6.45, 7) is 5.45. The molecule has 1 amide bonds. The molecule has 0 aliphatic carbocycles. The number of piperazine rings is 1. The molecule has 1 saturated heterocycles. The van der Waals surface area contributed by atoms with Crippen LogP contribution in [0.3, 0.4) is 0 Å². The molecule has 1 aromatic carbocycles. The lowest BCUT2D eigenvalue weighted by Gasteiger charge is -2.27. The molecule has 17 heavy (non-hydrogen) atoms. The normalized spacial score (nSPS) is 16.1. The molecule has 0 saturated carbocycles. The Morgan fingerprint density at radius 1 is 1.35 bits per heavy atom. The van der Waals surface area contributed by atoms with Crippen LogP contribution in [0.4, 0.5) is 0 Å². The fourth-order valence-electron chi connectivity index (χ4n) is 1.89. The van der Waals surface area contributed by atoms with Gasteiger partial charge in [0.05, 0.1) is 13.2 Å². The van der Waals surface area contributed by atoms with E-state index in [1.54, 1.807) is 0 Å². The van der Waals surface area contributed by atoms with Gasteiger partial charge in [-0.2, -0.15) is 0 Å². The number of nitrogens with one attached hydrogen (secondary N) is 1. The molecule has 1 aliphatic rings. The predicted molar refractivity (Wildman–Crippen MR) is 65.9 cm³/mol. The van der Waals surface area contributed by atoms with Crippen molar-refractivity contribution in [1.82, 2.24) is 10.2 Å². The van der Waals surface area contributed by atoms with Crippen molar-refractivity contribution in [3.05, 3.63) is 29.8 Å². The number of ether oxygens (including phenoxy) is 1. The Kier molecular flexibility index (Phi) is 3.98. The molecule has 1 aromatic rings. The van der Waals surface area contributed by atoms with Crippen LogP contribution in [0.2, 0.25) is 0 Å². The van der Waals surface area contributed by atoms with E-state index in [0.29, 0.717) is 19.7 Å². The Bertz CT molecular complexity index is 376. The summed E-state index contributed by atoms with van der Waals surface area (Å²) in [5.74, 6) is 1.05. The summed E-state index contributed by atoms with van der Waals surface area (Å²) in [7, 11) is 0. The van der Waals surface area contributed by atoms with Crippen LogP contribution in [-0.2, 0) is 11.3 Å². The molecule has 4 heteroatoms. The van der Waals surface area contributed by atoms with Crippen LogP contribution in [-0.4, -0.2) is 37.0 Å². The van der Waals surface area contributed by atoms with E-state index in [2.05, 4.69) is 5.32 Å². The highest BCUT2D eigenvalue weighted by atomic mass is 16.5. The Morgan fingerprint density at radius 2 is 2.12 bits per heavy atom. The van der Waals surface area contributed by atoms with Crippen LogP contribution in [0.5, 0.6) is 5.75 Å². The average Bonchev–Trinajstić information content (AvgIpc) is 2.35. The lowest BCUT2D eigenvalue weighted by atomic mass is 10.2. The van der Waals surface area contributed by atoms with Gasteiger partial charge in [0.2, 0.25) is 5.91 Å². The lowest BCUT2D eigenvalue weighted by molar-refractivity contribution is -0.132. The summed E-state index contributed by atoms with van der Waals surface area (Å²) < 4.78 is 5.38. The SMILES string of the molecule is CCOc1ccc(CN2CCNCC2=O)cc1. The minimum absolute atomic E-state index is 0.171. The van der Waals surface area contributed by atoms with Gasteiger partial charge < -0.3 is 15.0 Å². The van der Waals surface area contributed by atoms with Crippen molar-refractivity contribution in [2.24, 2.45) is 0 Å². The number of hydrogen-bond acceptors (Lipinski definition) is 3. The highest BCUT2D eigenvalue weighted by Crippen LogP contribution is 2.14. The van der Waals surface area contributed by atoms with E-state index in [1.165, 1.54) is 0 Å². The minimum atomic E-state index is 0.171. The maximum Gasteiger partial charge on any atom is 0.236 e. The summed E-state index contributed by atoms with van der Waals surface area (Å²) >= 11 is 0. The van der Waals surface area contributed by atoms with Crippen molar-refractivity contribution < 1.29 is 9.53 Å². The first-order chi connectivity index (χ1) is 8.29. The lowest BCUT2D eigenvalue weighted by Crippen LogP contribution is -2.47. The Balaban J connectivity index is 1.95. The molecule has 0 radical (unpaired) electrons. The summed E-state index contributed by atoms with van der Waals surface area (Å²) in [6.07, 6.45) is 0. The predicted octanol–water partition coefficient (Wildman–Crippen LogP) is 1.02. The number of carbonyl (C=O) groups excluding carboxylic acids is 1. The van der Waals surface area contributed by atoms with Crippen LogP contribution in [0, 0.1) is 0 Å². The maximum absolute atomic E-state index is 11.6. The topological polar surface area (TPSA) is 41.6 Å². The molecule has 0 bridgehead atoms. The number of nitrogens with zero attached hydrogens (tertiary/aromatic N) is 1. The van der Waals surface area contributed by atoms with E-state index in [4.69, 9.17) is 4.74 Å². The third-order valence-electron chi connectivity index (χ3n) is 2.80. The van der Waals surface area contributed by atoms with E-state index in [1.807, 2.05) is 36.1 Å². The van der Waals surface area contributed by atoms with E-state index in [0.717, 1.165) is 24.4 Å². The highest BCUT2D eigenvalue weighted by Gasteiger charge is 2.17. The first kappa shape index (κ1) is 11.9. The summed E-state index contributed by atoms with van der Waals surface area (Å²) in [5.41, 5.74) is 1.14. The summed E-state index contributed by atoms with van der Waals surface area (Å²) in [6, 6.07) is 7.93. The first-order valence-electron chi connectivity index (χ1n) is 6.00. The van der Waals surface area contributed by atoms with E-state index >= 15 is 0 Å². The molecular formula is C13H18N2O2. The van der Waals surface area contributed by atoms with Crippen molar-refractivity contribution in [3.63, 3.8) is 0 Å². The average molecular weight is 234 g/mol. The fraction of sp³-hybridized carbons (Fsp3) is 0.462. The second-order valence-electron chi connectivity index (χ2n) is 4.07. The molecule has 92 valence electrons. The zero-order chi connectivity index (χ0) is 12.1. The Hall–Kier alpha value is -1.55. The molecule has 0 aromatic heterocycles. The molecule has 4 nitrogen and oxygen atoms in total. The molecule has 1 heterocycles. The number of benzene rings is 1. The molecule has 0 spiro atoms. The zero-order valence-electron chi connectivity index (χ0n) is 10.1. The third-order valence-corrected chi connectivity index (χ3v) is 2.80. The van der Waals surface area contributed by atoms with Gasteiger partial charge in [0.15, 0.2) is 0 Å². The molecule has 1 aliphatic heterocycles. The smallest absolute Gasteiger partial charge is 0.236 e. The van der Waals surface area contributed by atoms with E-state index in [-0.39, 0.29) is 5.91 Å². The quantitative estimate of drug-likeness (QED) is 0.845. The number of rotatable bonds is 4. The zero-order valence-corrected chi connectivity index (χ0v) is 10.1. The van der Waals surface area contributed by atoms with E-state index < -0.39 is 0 Å². The van der Waals surface area contributed by atoms with Gasteiger partial charge in [0, 0.05) is 19.6 Å². The van der Waals surface area contributed by atoms with Gasteiger partial charge in [0.25, 0.3) is 0 Å². The van der Waals surface area contributed by atoms with Crippen LogP contribution < -0.4 is 10.1 Å². The minimum Gasteiger partial charge on any atom is -0.494 e. The third kappa shape index (κ3) is 3.20. The van der Waals surface area contributed by atoms with Crippen molar-refractivity contribution in [1.29, 1.82) is 0 Å². The largest absolute Gasteiger partial charge is 0.494 e. The number of carbonyl (C=O) groups is 1. The maximum atomic E-state index is 11.6. The number of amides is 1. The van der Waals surface area contributed by atoms with Crippen LogP contribution >= 0.6 is 0 Å². The van der Waals surface area contributed by atoms with E-state index in [9.17, 15) is 4.79 Å². The molecule has 0 atom stereocenters. The van der Waals surface area contributed by atoms with Gasteiger partial charge in [0.1, 0.15) is 5.75 Å². The molecular weight excluding hydrogens is 216 g/mol. The monoisotopic (exact) mass is 234 g/mol. The van der Waals surface area contributed by atoms with Gasteiger partial charge in [-0.25, -0.2) is 0 Å².